The number of carbonyl (C=O) groups is 1. The molecular weight excluding hydrogens is 284 g/mol. The van der Waals surface area contributed by atoms with Crippen LogP contribution in [-0.2, 0) is 0 Å². The van der Waals surface area contributed by atoms with Crippen molar-refractivity contribution < 1.29 is 9.90 Å². The third-order valence-corrected chi connectivity index (χ3v) is 3.37. The molecule has 5 heteroatoms. The third-order valence-electron chi connectivity index (χ3n) is 2.52. The van der Waals surface area contributed by atoms with Crippen LogP contribution < -0.4 is 0 Å². The average Bonchev–Trinajstić information content (AvgIpc) is 2.64. The van der Waals surface area contributed by atoms with E-state index in [1.165, 1.54) is 0 Å². The highest BCUT2D eigenvalue weighted by molar-refractivity contribution is 9.10. The van der Waals surface area contributed by atoms with E-state index in [2.05, 4.69) is 21.0 Å². The van der Waals surface area contributed by atoms with Crippen LogP contribution in [0, 0.1) is 13.8 Å². The number of nitrogens with zero attached hydrogens (tertiary/aromatic N) is 2. The summed E-state index contributed by atoms with van der Waals surface area (Å²) in [6.45, 7) is 3.72. The van der Waals surface area contributed by atoms with Crippen molar-refractivity contribution in [2.45, 2.75) is 13.8 Å². The highest BCUT2D eigenvalue weighted by Gasteiger charge is 2.13. The number of carboxylic acids is 1. The largest absolute Gasteiger partial charge is 0.476 e. The Bertz CT molecular complexity index is 590. The molecule has 1 N–H and O–H groups in total. The number of benzene rings is 1. The Morgan fingerprint density at radius 3 is 2.59 bits per heavy atom. The second kappa shape index (κ2) is 4.33. The number of hydrogen-bond donors (Lipinski definition) is 1. The summed E-state index contributed by atoms with van der Waals surface area (Å²) in [6.07, 6.45) is 1.71. The zero-order chi connectivity index (χ0) is 12.6. The number of halogens is 1. The molecule has 4 nitrogen and oxygen atoms in total. The minimum Gasteiger partial charge on any atom is -0.476 e. The molecule has 2 rings (SSSR count). The van der Waals surface area contributed by atoms with Gasteiger partial charge < -0.3 is 5.11 Å². The summed E-state index contributed by atoms with van der Waals surface area (Å²) in [4.78, 5) is 10.9. The summed E-state index contributed by atoms with van der Waals surface area (Å²) in [5.41, 5.74) is 2.69. The van der Waals surface area contributed by atoms with Gasteiger partial charge in [-0.05, 0) is 31.5 Å². The standard InChI is InChI=1S/C12H11BrN2O2/c1-7-3-4-9(5-10(7)13)15-6-8(2)11(14-15)12(16)17/h3-6H,1-2H3,(H,16,17). The Kier molecular flexibility index (Phi) is 3.02. The smallest absolute Gasteiger partial charge is 0.356 e. The topological polar surface area (TPSA) is 55.1 Å². The van der Waals surface area contributed by atoms with Gasteiger partial charge in [-0.15, -0.1) is 0 Å². The Morgan fingerprint density at radius 2 is 2.06 bits per heavy atom. The fourth-order valence-corrected chi connectivity index (χ4v) is 1.89. The number of aromatic carboxylic acids is 1. The molecule has 1 heterocycles. The lowest BCUT2D eigenvalue weighted by atomic mass is 10.2. The first-order valence-electron chi connectivity index (χ1n) is 5.05. The average molecular weight is 295 g/mol. The van der Waals surface area contributed by atoms with Gasteiger partial charge >= 0.3 is 5.97 Å². The number of carboxylic acid groups (broad SMARTS) is 1. The maximum absolute atomic E-state index is 10.9. The second-order valence-electron chi connectivity index (χ2n) is 3.84. The van der Waals surface area contributed by atoms with Crippen LogP contribution in [0.4, 0.5) is 0 Å². The lowest BCUT2D eigenvalue weighted by Gasteiger charge is -2.03. The minimum absolute atomic E-state index is 0.0849. The van der Waals surface area contributed by atoms with Crippen molar-refractivity contribution in [2.24, 2.45) is 0 Å². The fraction of sp³-hybridized carbons (Fsp3) is 0.167. The summed E-state index contributed by atoms with van der Waals surface area (Å²) >= 11 is 3.44. The molecule has 17 heavy (non-hydrogen) atoms. The molecule has 0 bridgehead atoms. The molecule has 0 unspecified atom stereocenters. The lowest BCUT2D eigenvalue weighted by Crippen LogP contribution is -2.01. The third kappa shape index (κ3) is 2.24. The predicted octanol–water partition coefficient (Wildman–Crippen LogP) is 2.95. The molecule has 0 aliphatic heterocycles. The zero-order valence-corrected chi connectivity index (χ0v) is 11.0. The summed E-state index contributed by atoms with van der Waals surface area (Å²) in [5, 5.41) is 13.0. The van der Waals surface area contributed by atoms with E-state index in [1.807, 2.05) is 25.1 Å². The summed E-state index contributed by atoms with van der Waals surface area (Å²) in [5.74, 6) is -1.01. The van der Waals surface area contributed by atoms with Crippen molar-refractivity contribution in [2.75, 3.05) is 0 Å². The van der Waals surface area contributed by atoms with Crippen LogP contribution >= 0.6 is 15.9 Å². The zero-order valence-electron chi connectivity index (χ0n) is 9.44. The summed E-state index contributed by atoms with van der Waals surface area (Å²) in [6, 6.07) is 5.77. The normalized spacial score (nSPS) is 10.5. The van der Waals surface area contributed by atoms with Crippen molar-refractivity contribution >= 4 is 21.9 Å². The van der Waals surface area contributed by atoms with E-state index in [1.54, 1.807) is 17.8 Å². The molecule has 0 radical (unpaired) electrons. The Labute approximate surface area is 107 Å². The van der Waals surface area contributed by atoms with E-state index < -0.39 is 5.97 Å². The van der Waals surface area contributed by atoms with Gasteiger partial charge in [0.25, 0.3) is 0 Å². The molecule has 0 atom stereocenters. The van der Waals surface area contributed by atoms with Gasteiger partial charge in [0.05, 0.1) is 5.69 Å². The van der Waals surface area contributed by atoms with Crippen molar-refractivity contribution in [3.05, 3.63) is 45.7 Å². The summed E-state index contributed by atoms with van der Waals surface area (Å²) < 4.78 is 2.54. The van der Waals surface area contributed by atoms with Crippen LogP contribution in [-0.4, -0.2) is 20.9 Å². The first-order valence-corrected chi connectivity index (χ1v) is 5.84. The summed E-state index contributed by atoms with van der Waals surface area (Å²) in [7, 11) is 0. The van der Waals surface area contributed by atoms with E-state index in [0.29, 0.717) is 5.56 Å². The van der Waals surface area contributed by atoms with Gasteiger partial charge in [-0.2, -0.15) is 5.10 Å². The molecule has 2 aromatic rings. The van der Waals surface area contributed by atoms with E-state index >= 15 is 0 Å². The Morgan fingerprint density at radius 1 is 1.35 bits per heavy atom. The molecule has 1 aromatic carbocycles. The van der Waals surface area contributed by atoms with Gasteiger partial charge in [0.2, 0.25) is 0 Å². The highest BCUT2D eigenvalue weighted by atomic mass is 79.9. The monoisotopic (exact) mass is 294 g/mol. The van der Waals surface area contributed by atoms with E-state index in [0.717, 1.165) is 15.7 Å². The number of hydrogen-bond acceptors (Lipinski definition) is 2. The van der Waals surface area contributed by atoms with Gasteiger partial charge in [-0.1, -0.05) is 22.0 Å². The number of aryl methyl sites for hydroxylation is 2. The number of rotatable bonds is 2. The molecule has 0 saturated heterocycles. The van der Waals surface area contributed by atoms with Crippen molar-refractivity contribution in [3.8, 4) is 5.69 Å². The van der Waals surface area contributed by atoms with Crippen LogP contribution in [0.1, 0.15) is 21.6 Å². The van der Waals surface area contributed by atoms with Crippen molar-refractivity contribution in [3.63, 3.8) is 0 Å². The molecule has 0 aliphatic carbocycles. The van der Waals surface area contributed by atoms with Gasteiger partial charge in [-0.25, -0.2) is 9.48 Å². The van der Waals surface area contributed by atoms with Crippen LogP contribution in [0.25, 0.3) is 5.69 Å². The van der Waals surface area contributed by atoms with Crippen LogP contribution in [0.2, 0.25) is 0 Å². The number of aromatic nitrogens is 2. The highest BCUT2D eigenvalue weighted by Crippen LogP contribution is 2.20. The van der Waals surface area contributed by atoms with Gasteiger partial charge in [0, 0.05) is 16.2 Å². The van der Waals surface area contributed by atoms with Crippen molar-refractivity contribution in [1.29, 1.82) is 0 Å². The lowest BCUT2D eigenvalue weighted by molar-refractivity contribution is 0.0689. The SMILES string of the molecule is Cc1ccc(-n2cc(C)c(C(=O)O)n2)cc1Br. The van der Waals surface area contributed by atoms with Crippen LogP contribution in [0.15, 0.2) is 28.9 Å². The molecule has 88 valence electrons. The molecule has 0 aliphatic rings. The predicted molar refractivity (Wildman–Crippen MR) is 67.7 cm³/mol. The second-order valence-corrected chi connectivity index (χ2v) is 4.70. The first-order chi connectivity index (χ1) is 7.99. The molecule has 1 aromatic heterocycles. The molecular formula is C12H11BrN2O2. The molecule has 0 saturated carbocycles. The maximum Gasteiger partial charge on any atom is 0.356 e. The van der Waals surface area contributed by atoms with E-state index in [-0.39, 0.29) is 5.69 Å². The fourth-order valence-electron chi connectivity index (χ4n) is 1.53. The Hall–Kier alpha value is -1.62. The maximum atomic E-state index is 10.9. The quantitative estimate of drug-likeness (QED) is 0.926. The van der Waals surface area contributed by atoms with Crippen LogP contribution in [0.3, 0.4) is 0 Å². The van der Waals surface area contributed by atoms with Gasteiger partial charge in [0.15, 0.2) is 5.69 Å². The molecule has 0 fully saturated rings. The molecule has 0 amide bonds. The van der Waals surface area contributed by atoms with E-state index in [4.69, 9.17) is 5.11 Å². The molecule has 0 spiro atoms. The van der Waals surface area contributed by atoms with E-state index in [9.17, 15) is 4.79 Å². The van der Waals surface area contributed by atoms with Crippen molar-refractivity contribution in [1.82, 2.24) is 9.78 Å². The Balaban J connectivity index is 2.50. The first kappa shape index (κ1) is 11.9. The van der Waals surface area contributed by atoms with Gasteiger partial charge in [-0.3, -0.25) is 0 Å². The minimum atomic E-state index is -1.01. The van der Waals surface area contributed by atoms with Gasteiger partial charge in [0.1, 0.15) is 0 Å². The van der Waals surface area contributed by atoms with Crippen LogP contribution in [0.5, 0.6) is 0 Å².